The van der Waals surface area contributed by atoms with E-state index in [0.29, 0.717) is 17.7 Å². The largest absolute Gasteiger partial charge is 0.481 e. The Kier molecular flexibility index (Phi) is 5.74. The number of amides is 2. The number of aromatic nitrogens is 1. The summed E-state index contributed by atoms with van der Waals surface area (Å²) in [4.78, 5) is 32.5. The topological polar surface area (TPSA) is 95.6 Å². The fourth-order valence-corrected chi connectivity index (χ4v) is 5.88. The van der Waals surface area contributed by atoms with Crippen LogP contribution in [-0.4, -0.2) is 61.4 Å². The van der Waals surface area contributed by atoms with E-state index in [-0.39, 0.29) is 23.8 Å². The number of nitrogens with one attached hydrogen (secondary N) is 3. The third-order valence-electron chi connectivity index (χ3n) is 6.98. The summed E-state index contributed by atoms with van der Waals surface area (Å²) in [5.74, 6) is 0.925. The lowest BCUT2D eigenvalue weighted by atomic mass is 9.95. The van der Waals surface area contributed by atoms with Gasteiger partial charge in [0, 0.05) is 48.1 Å². The fraction of sp³-hybridized carbons (Fsp3) is 0.346. The van der Waals surface area contributed by atoms with Crippen LogP contribution in [0.3, 0.4) is 0 Å². The van der Waals surface area contributed by atoms with E-state index in [0.717, 1.165) is 58.8 Å². The van der Waals surface area contributed by atoms with Crippen LogP contribution in [0, 0.1) is 0 Å². The molecule has 3 aliphatic rings. The molecule has 8 nitrogen and oxygen atoms in total. The Morgan fingerprint density at radius 1 is 1.17 bits per heavy atom. The maximum absolute atomic E-state index is 12.7. The molecule has 1 aromatic heterocycles. The predicted molar refractivity (Wildman–Crippen MR) is 137 cm³/mol. The van der Waals surface area contributed by atoms with Gasteiger partial charge in [-0.05, 0) is 36.2 Å². The van der Waals surface area contributed by atoms with Crippen LogP contribution in [0.15, 0.2) is 53.4 Å². The lowest BCUT2D eigenvalue weighted by Gasteiger charge is -2.42. The van der Waals surface area contributed by atoms with Crippen molar-refractivity contribution in [3.63, 3.8) is 0 Å². The normalized spacial score (nSPS) is 21.9. The SMILES string of the molecule is COc1ccc2cccc(N3CC(NCC4C[C@H](c5ccc6c(c5)NC(=O)CS6)C(=O)N4)C3)c2n1. The first-order valence-electron chi connectivity index (χ1n) is 11.9. The summed E-state index contributed by atoms with van der Waals surface area (Å²) in [5, 5.41) is 10.8. The summed E-state index contributed by atoms with van der Waals surface area (Å²) in [6.45, 7) is 2.52. The number of pyridine rings is 1. The number of thioether (sulfide) groups is 1. The van der Waals surface area contributed by atoms with Crippen molar-refractivity contribution >= 4 is 45.9 Å². The zero-order valence-corrected chi connectivity index (χ0v) is 20.2. The lowest BCUT2D eigenvalue weighted by molar-refractivity contribution is -0.120. The van der Waals surface area contributed by atoms with E-state index in [1.807, 2.05) is 30.3 Å². The van der Waals surface area contributed by atoms with Crippen molar-refractivity contribution in [2.24, 2.45) is 0 Å². The number of fused-ring (bicyclic) bond motifs is 2. The number of nitrogens with zero attached hydrogens (tertiary/aromatic N) is 2. The van der Waals surface area contributed by atoms with Gasteiger partial charge in [-0.2, -0.15) is 0 Å². The lowest BCUT2D eigenvalue weighted by Crippen LogP contribution is -2.59. The quantitative estimate of drug-likeness (QED) is 0.490. The number of rotatable bonds is 6. The summed E-state index contributed by atoms with van der Waals surface area (Å²) in [6.07, 6.45) is 0.745. The first kappa shape index (κ1) is 22.2. The molecule has 0 aliphatic carbocycles. The van der Waals surface area contributed by atoms with Crippen molar-refractivity contribution in [2.75, 3.05) is 42.7 Å². The van der Waals surface area contributed by atoms with Crippen LogP contribution in [-0.2, 0) is 9.59 Å². The highest BCUT2D eigenvalue weighted by Gasteiger charge is 2.35. The predicted octanol–water partition coefficient (Wildman–Crippen LogP) is 2.74. The van der Waals surface area contributed by atoms with Gasteiger partial charge in [0.25, 0.3) is 0 Å². The minimum absolute atomic E-state index is 0.00515. The molecule has 3 N–H and O–H groups in total. The van der Waals surface area contributed by atoms with Gasteiger partial charge in [-0.25, -0.2) is 4.98 Å². The third kappa shape index (κ3) is 4.30. The number of carbonyl (C=O) groups excluding carboxylic acids is 2. The van der Waals surface area contributed by atoms with Crippen LogP contribution < -0.4 is 25.6 Å². The monoisotopic (exact) mass is 489 g/mol. The Labute approximate surface area is 207 Å². The molecular weight excluding hydrogens is 462 g/mol. The summed E-state index contributed by atoms with van der Waals surface area (Å²) < 4.78 is 5.31. The van der Waals surface area contributed by atoms with Crippen molar-refractivity contribution in [2.45, 2.75) is 29.3 Å². The number of anilines is 2. The van der Waals surface area contributed by atoms with E-state index in [9.17, 15) is 9.59 Å². The molecule has 2 amide bonds. The second-order valence-corrected chi connectivity index (χ2v) is 10.3. The summed E-state index contributed by atoms with van der Waals surface area (Å²) in [6, 6.07) is 16.6. The number of hydrogen-bond acceptors (Lipinski definition) is 7. The zero-order chi connectivity index (χ0) is 23.9. The van der Waals surface area contributed by atoms with Crippen LogP contribution in [0.2, 0.25) is 0 Å². The summed E-state index contributed by atoms with van der Waals surface area (Å²) in [7, 11) is 1.63. The molecule has 0 spiro atoms. The minimum Gasteiger partial charge on any atom is -0.481 e. The minimum atomic E-state index is -0.189. The fourth-order valence-electron chi connectivity index (χ4n) is 5.09. The molecule has 0 saturated carbocycles. The van der Waals surface area contributed by atoms with E-state index in [1.54, 1.807) is 7.11 Å². The van der Waals surface area contributed by atoms with Crippen LogP contribution in [0.1, 0.15) is 17.9 Å². The van der Waals surface area contributed by atoms with Crippen molar-refractivity contribution in [1.82, 2.24) is 15.6 Å². The molecule has 2 saturated heterocycles. The Balaban J connectivity index is 1.05. The summed E-state index contributed by atoms with van der Waals surface area (Å²) >= 11 is 1.53. The van der Waals surface area contributed by atoms with Gasteiger partial charge < -0.3 is 25.6 Å². The number of para-hydroxylation sites is 1. The molecule has 2 fully saturated rings. The van der Waals surface area contributed by atoms with Crippen LogP contribution in [0.25, 0.3) is 10.9 Å². The van der Waals surface area contributed by atoms with Gasteiger partial charge in [0.15, 0.2) is 0 Å². The maximum atomic E-state index is 12.7. The number of ether oxygens (including phenoxy) is 1. The second kappa shape index (κ2) is 9.05. The van der Waals surface area contributed by atoms with Crippen LogP contribution in [0.4, 0.5) is 11.4 Å². The molecule has 0 bridgehead atoms. The van der Waals surface area contributed by atoms with Gasteiger partial charge in [0.1, 0.15) is 0 Å². The van der Waals surface area contributed by atoms with Gasteiger partial charge in [-0.15, -0.1) is 11.8 Å². The second-order valence-electron chi connectivity index (χ2n) is 9.30. The van der Waals surface area contributed by atoms with Gasteiger partial charge in [-0.3, -0.25) is 9.59 Å². The van der Waals surface area contributed by atoms with Gasteiger partial charge >= 0.3 is 0 Å². The molecule has 2 atom stereocenters. The van der Waals surface area contributed by atoms with Crippen LogP contribution >= 0.6 is 11.8 Å². The number of carbonyl (C=O) groups is 2. The Morgan fingerprint density at radius 3 is 2.91 bits per heavy atom. The van der Waals surface area contributed by atoms with Crippen LogP contribution in [0.5, 0.6) is 5.88 Å². The molecular formula is C26H27N5O3S. The molecule has 35 heavy (non-hydrogen) atoms. The number of methoxy groups -OCH3 is 1. The third-order valence-corrected chi connectivity index (χ3v) is 8.05. The van der Waals surface area contributed by atoms with E-state index in [2.05, 4.69) is 44.0 Å². The standard InChI is InChI=1S/C26H27N5O3S/c1-34-24-8-6-15-3-2-4-21(25(15)30-24)31-12-18(13-31)27-11-17-10-19(26(33)28-17)16-5-7-22-20(9-16)29-23(32)14-35-22/h2-9,17-19,27H,10-14H2,1H3,(H,28,33)(H,29,32)/t17?,19-/m1/s1. The molecule has 0 radical (unpaired) electrons. The van der Waals surface area contributed by atoms with Gasteiger partial charge in [0.2, 0.25) is 17.7 Å². The zero-order valence-electron chi connectivity index (χ0n) is 19.4. The summed E-state index contributed by atoms with van der Waals surface area (Å²) in [5.41, 5.74) is 3.84. The van der Waals surface area contributed by atoms with Crippen molar-refractivity contribution in [3.8, 4) is 5.88 Å². The number of benzene rings is 2. The molecule has 3 aromatic rings. The van der Waals surface area contributed by atoms with E-state index < -0.39 is 0 Å². The van der Waals surface area contributed by atoms with Crippen molar-refractivity contribution in [1.29, 1.82) is 0 Å². The number of hydrogen-bond donors (Lipinski definition) is 3. The first-order valence-corrected chi connectivity index (χ1v) is 12.8. The van der Waals surface area contributed by atoms with Gasteiger partial charge in [0.05, 0.1) is 35.7 Å². The molecule has 4 heterocycles. The highest BCUT2D eigenvalue weighted by atomic mass is 32.2. The molecule has 180 valence electrons. The molecule has 6 rings (SSSR count). The van der Waals surface area contributed by atoms with E-state index >= 15 is 0 Å². The highest BCUT2D eigenvalue weighted by molar-refractivity contribution is 8.00. The Morgan fingerprint density at radius 2 is 2.06 bits per heavy atom. The maximum Gasteiger partial charge on any atom is 0.234 e. The highest BCUT2D eigenvalue weighted by Crippen LogP contribution is 2.36. The molecule has 1 unspecified atom stereocenters. The molecule has 3 aliphatic heterocycles. The van der Waals surface area contributed by atoms with Crippen molar-refractivity contribution in [3.05, 3.63) is 54.1 Å². The molecule has 9 heteroatoms. The smallest absolute Gasteiger partial charge is 0.234 e. The Hall–Kier alpha value is -3.30. The first-order chi connectivity index (χ1) is 17.1. The van der Waals surface area contributed by atoms with Gasteiger partial charge in [-0.1, -0.05) is 18.2 Å². The van der Waals surface area contributed by atoms with E-state index in [1.165, 1.54) is 11.8 Å². The average molecular weight is 490 g/mol. The Bertz CT molecular complexity index is 1310. The van der Waals surface area contributed by atoms with E-state index in [4.69, 9.17) is 4.74 Å². The van der Waals surface area contributed by atoms with Crippen molar-refractivity contribution < 1.29 is 14.3 Å². The average Bonchev–Trinajstić information content (AvgIpc) is 3.22. The molecule has 2 aromatic carbocycles.